The van der Waals surface area contributed by atoms with E-state index in [1.807, 2.05) is 17.5 Å². The molecule has 88 valence electrons. The Kier molecular flexibility index (Phi) is 2.40. The Morgan fingerprint density at radius 2 is 2.53 bits per heavy atom. The Hall–Kier alpha value is -1.42. The summed E-state index contributed by atoms with van der Waals surface area (Å²) in [6, 6.07) is 4.05. The topological polar surface area (TPSA) is 38.7 Å². The zero-order chi connectivity index (χ0) is 11.9. The molecule has 1 spiro atoms. The molecule has 2 atom stereocenters. The van der Waals surface area contributed by atoms with E-state index in [9.17, 15) is 4.79 Å². The average Bonchev–Trinajstić information content (AvgIpc) is 3.03. The van der Waals surface area contributed by atoms with Gasteiger partial charge in [0.2, 0.25) is 0 Å². The van der Waals surface area contributed by atoms with E-state index >= 15 is 0 Å². The van der Waals surface area contributed by atoms with Gasteiger partial charge in [-0.1, -0.05) is 12.1 Å². The molecule has 1 aromatic rings. The van der Waals surface area contributed by atoms with E-state index in [1.165, 1.54) is 0 Å². The Morgan fingerprint density at radius 3 is 3.24 bits per heavy atom. The first kappa shape index (κ1) is 10.7. The van der Waals surface area contributed by atoms with E-state index in [2.05, 4.69) is 11.6 Å². The Balaban J connectivity index is 2.00. The van der Waals surface area contributed by atoms with Crippen molar-refractivity contribution in [2.24, 2.45) is 10.9 Å². The summed E-state index contributed by atoms with van der Waals surface area (Å²) in [5, 5.41) is 2.03. The van der Waals surface area contributed by atoms with Gasteiger partial charge in [-0.25, -0.2) is 4.79 Å². The van der Waals surface area contributed by atoms with Gasteiger partial charge < -0.3 is 4.74 Å². The summed E-state index contributed by atoms with van der Waals surface area (Å²) >= 11 is 1.66. The molecule has 17 heavy (non-hydrogen) atoms. The Bertz CT molecular complexity index is 492. The maximum atomic E-state index is 11.9. The number of esters is 1. The van der Waals surface area contributed by atoms with Crippen molar-refractivity contribution in [3.8, 4) is 0 Å². The number of aliphatic imine (C=N–C) groups is 1. The molecule has 0 amide bonds. The van der Waals surface area contributed by atoms with Crippen LogP contribution in [0.2, 0.25) is 0 Å². The maximum absolute atomic E-state index is 11.9. The minimum atomic E-state index is -0.679. The Labute approximate surface area is 104 Å². The van der Waals surface area contributed by atoms with Crippen LogP contribution in [0.5, 0.6) is 0 Å². The third kappa shape index (κ3) is 1.47. The summed E-state index contributed by atoms with van der Waals surface area (Å²) in [6.45, 7) is 4.21. The van der Waals surface area contributed by atoms with Crippen molar-refractivity contribution in [2.45, 2.75) is 18.4 Å². The van der Waals surface area contributed by atoms with E-state index in [0.29, 0.717) is 6.61 Å². The molecule has 1 fully saturated rings. The van der Waals surface area contributed by atoms with Gasteiger partial charge in [-0.2, -0.15) is 0 Å². The second kappa shape index (κ2) is 3.81. The minimum Gasteiger partial charge on any atom is -0.463 e. The van der Waals surface area contributed by atoms with Gasteiger partial charge in [-0.3, -0.25) is 4.99 Å². The first-order chi connectivity index (χ1) is 8.26. The molecular weight excluding hydrogens is 234 g/mol. The molecule has 0 N–H and O–H groups in total. The fourth-order valence-electron chi connectivity index (χ4n) is 2.54. The zero-order valence-electron chi connectivity index (χ0n) is 9.39. The average molecular weight is 247 g/mol. The van der Waals surface area contributed by atoms with Crippen LogP contribution in [-0.4, -0.2) is 23.8 Å². The number of rotatable bonds is 2. The van der Waals surface area contributed by atoms with Crippen LogP contribution in [0.4, 0.5) is 0 Å². The molecule has 0 bridgehead atoms. The van der Waals surface area contributed by atoms with Gasteiger partial charge in [0.1, 0.15) is 6.61 Å². The van der Waals surface area contributed by atoms with Crippen molar-refractivity contribution in [3.05, 3.63) is 35.0 Å². The number of hydrogen-bond acceptors (Lipinski definition) is 4. The largest absolute Gasteiger partial charge is 0.463 e. The highest BCUT2D eigenvalue weighted by molar-refractivity contribution is 7.12. The number of thiophene rings is 1. The highest BCUT2D eigenvalue weighted by atomic mass is 32.1. The molecule has 1 saturated heterocycles. The molecule has 2 aliphatic rings. The molecular formula is C13H13NO2S. The van der Waals surface area contributed by atoms with Gasteiger partial charge in [0, 0.05) is 10.8 Å². The Morgan fingerprint density at radius 1 is 1.65 bits per heavy atom. The molecule has 3 heterocycles. The lowest BCUT2D eigenvalue weighted by molar-refractivity contribution is -0.142. The normalized spacial score (nSPS) is 31.6. The van der Waals surface area contributed by atoms with Crippen LogP contribution < -0.4 is 0 Å². The van der Waals surface area contributed by atoms with Gasteiger partial charge in [-0.05, 0) is 24.3 Å². The molecule has 0 aliphatic carbocycles. The van der Waals surface area contributed by atoms with E-state index in [0.717, 1.165) is 23.4 Å². The van der Waals surface area contributed by atoms with E-state index in [-0.39, 0.29) is 11.9 Å². The van der Waals surface area contributed by atoms with Crippen LogP contribution in [0.3, 0.4) is 0 Å². The lowest BCUT2D eigenvalue weighted by Crippen LogP contribution is -2.35. The number of cyclic esters (lactones) is 1. The van der Waals surface area contributed by atoms with Gasteiger partial charge >= 0.3 is 5.97 Å². The van der Waals surface area contributed by atoms with Gasteiger partial charge in [-0.15, -0.1) is 17.9 Å². The first-order valence-electron chi connectivity index (χ1n) is 5.68. The molecule has 1 aromatic heterocycles. The highest BCUT2D eigenvalue weighted by Crippen LogP contribution is 2.41. The number of ether oxygens (including phenoxy) is 1. The molecule has 4 heteroatoms. The van der Waals surface area contributed by atoms with Crippen LogP contribution in [0.25, 0.3) is 0 Å². The second-order valence-electron chi connectivity index (χ2n) is 4.40. The number of carbonyl (C=O) groups excluding carboxylic acids is 1. The molecule has 3 nitrogen and oxygen atoms in total. The predicted molar refractivity (Wildman–Crippen MR) is 67.5 cm³/mol. The molecule has 0 aromatic carbocycles. The lowest BCUT2D eigenvalue weighted by atomic mass is 9.85. The summed E-state index contributed by atoms with van der Waals surface area (Å²) < 4.78 is 5.15. The van der Waals surface area contributed by atoms with Crippen molar-refractivity contribution in [1.82, 2.24) is 0 Å². The fraction of sp³-hybridized carbons (Fsp3) is 0.385. The third-order valence-corrected chi connectivity index (χ3v) is 4.45. The number of carbonyl (C=O) groups is 1. The first-order valence-corrected chi connectivity index (χ1v) is 6.56. The van der Waals surface area contributed by atoms with Crippen LogP contribution in [0.1, 0.15) is 17.7 Å². The van der Waals surface area contributed by atoms with Crippen molar-refractivity contribution < 1.29 is 9.53 Å². The summed E-state index contributed by atoms with van der Waals surface area (Å²) in [5.74, 6) is -0.165. The fourth-order valence-corrected chi connectivity index (χ4v) is 3.29. The van der Waals surface area contributed by atoms with Crippen molar-refractivity contribution in [3.63, 3.8) is 0 Å². The smallest absolute Gasteiger partial charge is 0.334 e. The van der Waals surface area contributed by atoms with Crippen molar-refractivity contribution in [1.29, 1.82) is 0 Å². The van der Waals surface area contributed by atoms with E-state index < -0.39 is 5.54 Å². The predicted octanol–water partition coefficient (Wildman–Crippen LogP) is 2.43. The third-order valence-electron chi connectivity index (χ3n) is 3.53. The van der Waals surface area contributed by atoms with Crippen LogP contribution in [0.15, 0.2) is 35.2 Å². The molecule has 0 radical (unpaired) electrons. The van der Waals surface area contributed by atoms with Crippen molar-refractivity contribution in [2.75, 3.05) is 6.61 Å². The molecule has 2 aliphatic heterocycles. The lowest BCUT2D eigenvalue weighted by Gasteiger charge is -2.19. The maximum Gasteiger partial charge on any atom is 0.334 e. The molecule has 0 saturated carbocycles. The van der Waals surface area contributed by atoms with Crippen molar-refractivity contribution >= 4 is 23.0 Å². The summed E-state index contributed by atoms with van der Waals surface area (Å²) in [4.78, 5) is 17.7. The van der Waals surface area contributed by atoms with Gasteiger partial charge in [0.05, 0.1) is 5.71 Å². The van der Waals surface area contributed by atoms with Crippen LogP contribution >= 0.6 is 11.3 Å². The standard InChI is InChI=1S/C13H13NO2S/c1-2-9-8-16-12(15)13(9)6-5-10(14-13)11-4-3-7-17-11/h2-4,7,9H,1,5-6,8H2/t9-,13+/m1/s1. The monoisotopic (exact) mass is 247 g/mol. The molecule has 3 rings (SSSR count). The summed E-state index contributed by atoms with van der Waals surface area (Å²) in [7, 11) is 0. The van der Waals surface area contributed by atoms with E-state index in [1.54, 1.807) is 17.4 Å². The number of nitrogens with zero attached hydrogens (tertiary/aromatic N) is 1. The van der Waals surface area contributed by atoms with E-state index in [4.69, 9.17) is 4.74 Å². The summed E-state index contributed by atoms with van der Waals surface area (Å²) in [5.41, 5.74) is 0.354. The summed E-state index contributed by atoms with van der Waals surface area (Å²) in [6.07, 6.45) is 3.39. The van der Waals surface area contributed by atoms with Crippen LogP contribution in [0, 0.1) is 5.92 Å². The molecule has 0 unspecified atom stereocenters. The SMILES string of the molecule is C=C[C@@H]1COC(=O)[C@]12CCC(c1cccs1)=N2. The highest BCUT2D eigenvalue weighted by Gasteiger charge is 2.53. The minimum absolute atomic E-state index is 0.0208. The van der Waals surface area contributed by atoms with Gasteiger partial charge in [0.15, 0.2) is 5.54 Å². The zero-order valence-corrected chi connectivity index (χ0v) is 10.2. The second-order valence-corrected chi connectivity index (χ2v) is 5.35. The number of hydrogen-bond donors (Lipinski definition) is 0. The van der Waals surface area contributed by atoms with Gasteiger partial charge in [0.25, 0.3) is 0 Å². The quantitative estimate of drug-likeness (QED) is 0.594. The van der Waals surface area contributed by atoms with Crippen LogP contribution in [-0.2, 0) is 9.53 Å².